The van der Waals surface area contributed by atoms with Crippen LogP contribution in [0.5, 0.6) is 0 Å². The minimum Gasteiger partial charge on any atom is -0.469 e. The van der Waals surface area contributed by atoms with E-state index >= 15 is 0 Å². The molecule has 3 N–H and O–H groups in total. The van der Waals surface area contributed by atoms with E-state index in [0.29, 0.717) is 10.8 Å². The van der Waals surface area contributed by atoms with Gasteiger partial charge in [-0.1, -0.05) is 442 Å². The zero-order valence-electron chi connectivity index (χ0n) is 88.1. The topological polar surface area (TPSA) is 112 Å². The molecule has 0 saturated carbocycles. The van der Waals surface area contributed by atoms with E-state index in [-0.39, 0.29) is 124 Å². The normalized spacial score (nSPS) is 10.1. The van der Waals surface area contributed by atoms with Crippen molar-refractivity contribution in [2.24, 2.45) is 0 Å². The van der Waals surface area contributed by atoms with Crippen LogP contribution >= 0.6 is 34.0 Å². The Bertz CT molecular complexity index is 3460. The van der Waals surface area contributed by atoms with Crippen LogP contribution in [0.15, 0.2) is 209 Å². The van der Waals surface area contributed by atoms with Gasteiger partial charge in [-0.15, -0.1) is 40.9 Å². The van der Waals surface area contributed by atoms with Crippen molar-refractivity contribution in [3.05, 3.63) is 267 Å². The molecule has 0 fully saturated rings. The molecule has 2 radical (unpaired) electrons. The Labute approximate surface area is 833 Å². The summed E-state index contributed by atoms with van der Waals surface area (Å²) < 4.78 is 11.6. The van der Waals surface area contributed by atoms with Gasteiger partial charge < -0.3 is 23.8 Å². The van der Waals surface area contributed by atoms with E-state index in [0.717, 1.165) is 17.3 Å². The number of aromatic nitrogens is 6. The number of aromatic amines is 3. The van der Waals surface area contributed by atoms with Crippen LogP contribution < -0.4 is 0 Å². The van der Waals surface area contributed by atoms with Crippen LogP contribution in [0.4, 0.5) is 0 Å². The minimum atomic E-state index is 0. The van der Waals surface area contributed by atoms with Crippen molar-refractivity contribution < 1.29 is 74.3 Å². The zero-order chi connectivity index (χ0) is 95.6. The first-order chi connectivity index (χ1) is 56.0. The monoisotopic (exact) mass is 1920 g/mol. The molecule has 0 saturated heterocycles. The van der Waals surface area contributed by atoms with Gasteiger partial charge in [0.15, 0.2) is 5.89 Å². The Morgan fingerprint density at radius 3 is 1.02 bits per heavy atom. The maximum absolute atomic E-state index is 5.20. The molecule has 3 aromatic carbocycles. The van der Waals surface area contributed by atoms with Crippen molar-refractivity contribution in [3.8, 4) is 0 Å². The molecule has 9 heterocycles. The molecule has 12 rings (SSSR count). The molecule has 0 unspecified atom stereocenters. The number of oxazole rings is 1. The Hall–Kier alpha value is -5.10. The number of nitrogens with zero attached hydrogens (tertiary/aromatic N) is 3. The maximum Gasteiger partial charge on any atom is 0.199 e. The predicted octanol–water partition coefficient (Wildman–Crippen LogP) is 38.8. The Kier molecular flexibility index (Phi) is 92.0. The number of hydrogen-bond acceptors (Lipinski definition) is 8. The van der Waals surface area contributed by atoms with Gasteiger partial charge in [0.25, 0.3) is 0 Å². The van der Waals surface area contributed by atoms with Crippen LogP contribution in [0.25, 0.3) is 21.0 Å². The van der Waals surface area contributed by atoms with Crippen molar-refractivity contribution in [3.63, 3.8) is 0 Å². The molecule has 0 spiro atoms. The molecule has 8 nitrogen and oxygen atoms in total. The second-order valence-corrected chi connectivity index (χ2v) is 38.0. The summed E-state index contributed by atoms with van der Waals surface area (Å²) in [6, 6.07) is 56.6. The summed E-state index contributed by atoms with van der Waals surface area (Å²) in [7, 11) is 0. The SMILES string of the molecule is C.C.CC.CC.CC.CC.CC.CC.CC.CC.CC.CC.CC(C)(C)c1[c-]c2ccccc2[nH]1.CC(C)(C)c1[c-]c2ccccc2s1.CC(C)(C)c1ccc[nH]1.CC(C)(C)c1ccc[nH]1.CC(C)(C)c1ccccc1.CC(C)(C)c1ccccn1.CC(C)(C)c1ccco1.CC(C)(C)c1cccs1.CC(C)(C)c1ncco1.CC(C)(C)c1nccs1.[Y].[Y]. The molecule has 0 atom stereocenters. The van der Waals surface area contributed by atoms with E-state index in [1.807, 2.05) is 240 Å². The second-order valence-electron chi connectivity index (χ2n) is 35.1. The quantitative estimate of drug-likeness (QED) is 0.131. The van der Waals surface area contributed by atoms with Gasteiger partial charge in [-0.3, -0.25) is 4.98 Å². The van der Waals surface area contributed by atoms with Crippen molar-refractivity contribution in [2.75, 3.05) is 0 Å². The fourth-order valence-electron chi connectivity index (χ4n) is 8.57. The molecule has 0 aliphatic carbocycles. The first-order valence-electron chi connectivity index (χ1n) is 45.0. The first kappa shape index (κ1) is 145. The smallest absolute Gasteiger partial charge is 0.199 e. The maximum atomic E-state index is 5.20. The number of rotatable bonds is 0. The molecule has 0 aliphatic rings. The third-order valence-electron chi connectivity index (χ3n) is 14.8. The van der Waals surface area contributed by atoms with Crippen LogP contribution in [0.1, 0.15) is 416 Å². The number of nitrogens with one attached hydrogen (secondary N) is 3. The Morgan fingerprint density at radius 1 is 0.315 bits per heavy atom. The first-order valence-corrected chi connectivity index (χ1v) is 47.6. The molecule has 12 aromatic rings. The van der Waals surface area contributed by atoms with Crippen LogP contribution in [-0.4, -0.2) is 29.9 Å². The van der Waals surface area contributed by atoms with E-state index in [1.165, 1.54) is 58.4 Å². The van der Waals surface area contributed by atoms with E-state index in [4.69, 9.17) is 8.83 Å². The molecule has 13 heteroatoms. The number of furan rings is 1. The van der Waals surface area contributed by atoms with Crippen molar-refractivity contribution in [1.29, 1.82) is 0 Å². The molecule has 0 aliphatic heterocycles. The summed E-state index contributed by atoms with van der Waals surface area (Å²) in [6.45, 7) is 105. The van der Waals surface area contributed by atoms with Gasteiger partial charge in [0.1, 0.15) is 12.0 Å². The summed E-state index contributed by atoms with van der Waals surface area (Å²) >= 11 is 5.40. The summed E-state index contributed by atoms with van der Waals surface area (Å²) in [4.78, 5) is 25.0. The van der Waals surface area contributed by atoms with E-state index in [1.54, 1.807) is 30.1 Å². The average Bonchev–Trinajstić information content (AvgIpc) is 1.67. The van der Waals surface area contributed by atoms with Crippen LogP contribution in [0.3, 0.4) is 0 Å². The average molecular weight is 1920 g/mol. The fraction of sp³-hybridized carbons (Fsp3) is 0.559. The summed E-state index contributed by atoms with van der Waals surface area (Å²) in [5.41, 5.74) is 9.64. The molecule has 124 heavy (non-hydrogen) atoms. The van der Waals surface area contributed by atoms with Gasteiger partial charge >= 0.3 is 0 Å². The number of hydrogen-bond donors (Lipinski definition) is 3. The number of thiophene rings is 2. The molecule has 0 amide bonds. The number of para-hydroxylation sites is 1. The van der Waals surface area contributed by atoms with Gasteiger partial charge in [0, 0.05) is 150 Å². The number of benzene rings is 3. The third kappa shape index (κ3) is 69.0. The Morgan fingerprint density at radius 2 is 0.766 bits per heavy atom. The summed E-state index contributed by atoms with van der Waals surface area (Å²) in [5.74, 6) is 1.84. The van der Waals surface area contributed by atoms with Gasteiger partial charge in [-0.05, 0) is 87.2 Å². The van der Waals surface area contributed by atoms with Crippen molar-refractivity contribution in [2.45, 2.75) is 415 Å². The Balaban J connectivity index is -0.000000110. The third-order valence-corrected chi connectivity index (χ3v) is 18.8. The van der Waals surface area contributed by atoms with Gasteiger partial charge in [0.2, 0.25) is 0 Å². The number of thiazole rings is 1. The number of fused-ring (bicyclic) bond motifs is 2. The minimum absolute atomic E-state index is 0. The predicted molar refractivity (Wildman–Crippen MR) is 566 cm³/mol. The van der Waals surface area contributed by atoms with Gasteiger partial charge in [0.05, 0.1) is 17.5 Å². The number of pyridine rings is 1. The molecule has 706 valence electrons. The second kappa shape index (κ2) is 78.9. The fourth-order valence-corrected chi connectivity index (χ4v) is 11.2. The van der Waals surface area contributed by atoms with E-state index in [9.17, 15) is 0 Å². The molecular weight excluding hydrogens is 1720 g/mol. The van der Waals surface area contributed by atoms with Crippen LogP contribution in [0, 0.1) is 12.1 Å². The molecular formula is C111H194N6O2S3Y2-2. The summed E-state index contributed by atoms with van der Waals surface area (Å²) in [5, 5.41) is 7.77. The molecule has 9 aromatic heterocycles. The largest absolute Gasteiger partial charge is 0.469 e. The van der Waals surface area contributed by atoms with E-state index < -0.39 is 0 Å². The van der Waals surface area contributed by atoms with Gasteiger partial charge in [-0.25, -0.2) is 21.3 Å². The summed E-state index contributed by atoms with van der Waals surface area (Å²) in [6.07, 6.45) is 12.6. The molecule has 0 bridgehead atoms. The zero-order valence-corrected chi connectivity index (χ0v) is 96.2. The standard InChI is InChI=1S/C12H14N.C12H13S.C10H14.C9H13N.2C8H13N.C8H12O.C8H12S.C7H11NO.C7H11NS.10C2H6.2CH4.2Y/c2*1-12(2,3)11-8-9-6-4-5-7-10(9)13-11;1-10(2,3)9-7-5-4-6-8-9;1-9(2,3)8-6-4-5-7-10-8;4*1-8(2,3)7-5-4-6-9-7;2*1-7(2,3)6-8-4-5-9-6;10*1-2;;;;/h4-7,13H,1-3H3;4-7H,1-3H3;4-8H,1-3H3;4-7H,1-3H3;2*4-6,9H,1-3H3;2*4-6H,1-3H3;2*4-5H,1-3H3;10*1-2H3;2*1H4;;/q2*-1;;;;;;;;;;;;;;;;;;;;;;. The van der Waals surface area contributed by atoms with Crippen molar-refractivity contribution >= 4 is 55.0 Å². The van der Waals surface area contributed by atoms with Gasteiger partial charge in [-0.2, -0.15) is 35.0 Å². The number of H-pyrrole nitrogens is 3. The van der Waals surface area contributed by atoms with E-state index in [2.05, 4.69) is 352 Å². The van der Waals surface area contributed by atoms with Crippen molar-refractivity contribution in [1.82, 2.24) is 29.9 Å². The van der Waals surface area contributed by atoms with Crippen LogP contribution in [-0.2, 0) is 120 Å². The van der Waals surface area contributed by atoms with Crippen LogP contribution in [0.2, 0.25) is 0 Å².